The van der Waals surface area contributed by atoms with Gasteiger partial charge in [-0.15, -0.1) is 0 Å². The van der Waals surface area contributed by atoms with Crippen LogP contribution in [0, 0.1) is 5.41 Å². The maximum Gasteiger partial charge on any atom is 0.313 e. The molecule has 0 spiro atoms. The van der Waals surface area contributed by atoms with Gasteiger partial charge in [-0.2, -0.15) is 0 Å². The Bertz CT molecular complexity index is 683. The van der Waals surface area contributed by atoms with Crippen molar-refractivity contribution in [2.45, 2.75) is 19.9 Å². The van der Waals surface area contributed by atoms with Crippen LogP contribution in [0.1, 0.15) is 25.5 Å². The molecule has 23 heavy (non-hydrogen) atoms. The highest BCUT2D eigenvalue weighted by molar-refractivity contribution is 9.10. The van der Waals surface area contributed by atoms with E-state index in [-0.39, 0.29) is 17.8 Å². The molecule has 2 rings (SSSR count). The third-order valence-electron chi connectivity index (χ3n) is 3.84. The summed E-state index contributed by atoms with van der Waals surface area (Å²) in [4.78, 5) is 12.3. The average molecular weight is 378 g/mol. The van der Waals surface area contributed by atoms with Gasteiger partial charge in [0.05, 0.1) is 24.3 Å². The Balaban J connectivity index is 2.45. The van der Waals surface area contributed by atoms with Crippen LogP contribution < -0.4 is 5.32 Å². The van der Waals surface area contributed by atoms with E-state index < -0.39 is 5.41 Å². The van der Waals surface area contributed by atoms with Crippen molar-refractivity contribution >= 4 is 27.6 Å². The van der Waals surface area contributed by atoms with Crippen molar-refractivity contribution in [1.29, 1.82) is 0 Å². The van der Waals surface area contributed by atoms with E-state index in [0.29, 0.717) is 5.69 Å². The van der Waals surface area contributed by atoms with Gasteiger partial charge in [0, 0.05) is 4.47 Å². The molecule has 0 amide bonds. The number of ether oxygens (including phenoxy) is 1. The molecule has 1 unspecified atom stereocenters. The molecule has 0 aliphatic rings. The summed E-state index contributed by atoms with van der Waals surface area (Å²) in [6.07, 6.45) is 0. The summed E-state index contributed by atoms with van der Waals surface area (Å²) in [6.45, 7) is 3.64. The number of carbonyl (C=O) groups is 1. The zero-order valence-electron chi connectivity index (χ0n) is 13.3. The number of para-hydroxylation sites is 2. The third kappa shape index (κ3) is 3.85. The first-order chi connectivity index (χ1) is 10.9. The van der Waals surface area contributed by atoms with Crippen LogP contribution >= 0.6 is 15.9 Å². The van der Waals surface area contributed by atoms with Crippen LogP contribution in [0.15, 0.2) is 53.0 Å². The van der Waals surface area contributed by atoms with Crippen molar-refractivity contribution in [3.05, 3.63) is 58.6 Å². The normalized spacial score (nSPS) is 12.5. The van der Waals surface area contributed by atoms with E-state index in [1.807, 2.05) is 44.2 Å². The first-order valence-corrected chi connectivity index (χ1v) is 8.04. The third-order valence-corrected chi connectivity index (χ3v) is 4.37. The molecule has 4 nitrogen and oxygen atoms in total. The number of nitrogens with one attached hydrogen (secondary N) is 1. The molecule has 0 heterocycles. The van der Waals surface area contributed by atoms with Gasteiger partial charge in [-0.1, -0.05) is 40.2 Å². The van der Waals surface area contributed by atoms with Gasteiger partial charge in [-0.25, -0.2) is 0 Å². The van der Waals surface area contributed by atoms with E-state index in [2.05, 4.69) is 21.2 Å². The van der Waals surface area contributed by atoms with Crippen LogP contribution in [0.2, 0.25) is 0 Å². The molecule has 0 aliphatic heterocycles. The number of carbonyl (C=O) groups excluding carboxylic acids is 1. The van der Waals surface area contributed by atoms with E-state index >= 15 is 0 Å². The predicted octanol–water partition coefficient (Wildman–Crippen LogP) is 4.51. The second-order valence-corrected chi connectivity index (χ2v) is 6.77. The van der Waals surface area contributed by atoms with Crippen molar-refractivity contribution < 1.29 is 14.6 Å². The Morgan fingerprint density at radius 2 is 1.78 bits per heavy atom. The maximum absolute atomic E-state index is 12.3. The number of methoxy groups -OCH3 is 1. The minimum absolute atomic E-state index is 0.135. The van der Waals surface area contributed by atoms with Gasteiger partial charge < -0.3 is 15.2 Å². The zero-order valence-corrected chi connectivity index (χ0v) is 14.9. The molecule has 2 aromatic rings. The molecule has 2 N–H and O–H groups in total. The molecule has 0 aliphatic carbocycles. The maximum atomic E-state index is 12.3. The zero-order chi connectivity index (χ0) is 17.0. The molecule has 0 aromatic heterocycles. The fourth-order valence-corrected chi connectivity index (χ4v) is 2.73. The molecule has 0 radical (unpaired) electrons. The average Bonchev–Trinajstić information content (AvgIpc) is 2.54. The number of hydrogen-bond donors (Lipinski definition) is 2. The second kappa shape index (κ2) is 7.04. The monoisotopic (exact) mass is 377 g/mol. The van der Waals surface area contributed by atoms with Gasteiger partial charge in [0.25, 0.3) is 0 Å². The SMILES string of the molecule is COC(=O)C(C)(C)C(Nc1ccccc1O)c1ccc(Br)cc1. The van der Waals surface area contributed by atoms with Gasteiger partial charge in [-0.05, 0) is 43.7 Å². The smallest absolute Gasteiger partial charge is 0.313 e. The van der Waals surface area contributed by atoms with E-state index in [4.69, 9.17) is 4.74 Å². The molecule has 1 atom stereocenters. The lowest BCUT2D eigenvalue weighted by Crippen LogP contribution is -2.36. The number of hydrogen-bond acceptors (Lipinski definition) is 4. The van der Waals surface area contributed by atoms with Crippen molar-refractivity contribution in [2.24, 2.45) is 5.41 Å². The molecule has 0 bridgehead atoms. The number of benzene rings is 2. The Labute approximate surface area is 144 Å². The van der Waals surface area contributed by atoms with Gasteiger partial charge >= 0.3 is 5.97 Å². The Morgan fingerprint density at radius 1 is 1.17 bits per heavy atom. The summed E-state index contributed by atoms with van der Waals surface area (Å²) in [5, 5.41) is 13.3. The number of phenolic OH excluding ortho intramolecular Hbond substituents is 1. The molecule has 0 saturated carbocycles. The lowest BCUT2D eigenvalue weighted by atomic mass is 9.80. The van der Waals surface area contributed by atoms with Crippen LogP contribution in [0.4, 0.5) is 5.69 Å². The topological polar surface area (TPSA) is 58.6 Å². The minimum Gasteiger partial charge on any atom is -0.506 e. The van der Waals surface area contributed by atoms with Gasteiger partial charge in [0.1, 0.15) is 5.75 Å². The summed E-state index contributed by atoms with van der Waals surface area (Å²) < 4.78 is 5.92. The molecular formula is C18H20BrNO3. The number of anilines is 1. The first-order valence-electron chi connectivity index (χ1n) is 7.24. The number of aromatic hydroxyl groups is 1. The first kappa shape index (κ1) is 17.3. The van der Waals surface area contributed by atoms with E-state index in [1.165, 1.54) is 7.11 Å². The molecular weight excluding hydrogens is 358 g/mol. The highest BCUT2D eigenvalue weighted by Gasteiger charge is 2.39. The number of rotatable bonds is 5. The van der Waals surface area contributed by atoms with Crippen LogP contribution in [0.3, 0.4) is 0 Å². The van der Waals surface area contributed by atoms with Crippen molar-refractivity contribution in [2.75, 3.05) is 12.4 Å². The molecule has 0 fully saturated rings. The van der Waals surface area contributed by atoms with Crippen LogP contribution in [-0.4, -0.2) is 18.2 Å². The number of phenols is 1. The number of halogens is 1. The standard InChI is InChI=1S/C18H20BrNO3/c1-18(2,17(22)23-3)16(12-8-10-13(19)11-9-12)20-14-6-4-5-7-15(14)21/h4-11,16,20-21H,1-3H3. The summed E-state index contributed by atoms with van der Waals surface area (Å²) in [6, 6.07) is 14.3. The highest BCUT2D eigenvalue weighted by Crippen LogP contribution is 2.39. The molecule has 5 heteroatoms. The summed E-state index contributed by atoms with van der Waals surface area (Å²) in [5.74, 6) is -0.191. The summed E-state index contributed by atoms with van der Waals surface area (Å²) >= 11 is 3.41. The largest absolute Gasteiger partial charge is 0.506 e. The number of esters is 1. The summed E-state index contributed by atoms with van der Waals surface area (Å²) in [7, 11) is 1.38. The van der Waals surface area contributed by atoms with Crippen LogP contribution in [-0.2, 0) is 9.53 Å². The molecule has 0 saturated heterocycles. The second-order valence-electron chi connectivity index (χ2n) is 5.86. The van der Waals surface area contributed by atoms with Crippen molar-refractivity contribution in [3.8, 4) is 5.75 Å². The van der Waals surface area contributed by atoms with Gasteiger partial charge in [0.15, 0.2) is 0 Å². The minimum atomic E-state index is -0.829. The van der Waals surface area contributed by atoms with Crippen molar-refractivity contribution in [3.63, 3.8) is 0 Å². The Morgan fingerprint density at radius 3 is 2.35 bits per heavy atom. The quantitative estimate of drug-likeness (QED) is 0.594. The van der Waals surface area contributed by atoms with E-state index in [0.717, 1.165) is 10.0 Å². The van der Waals surface area contributed by atoms with Gasteiger partial charge in [-0.3, -0.25) is 4.79 Å². The van der Waals surface area contributed by atoms with Crippen LogP contribution in [0.25, 0.3) is 0 Å². The van der Waals surface area contributed by atoms with Crippen LogP contribution in [0.5, 0.6) is 5.75 Å². The predicted molar refractivity (Wildman–Crippen MR) is 94.4 cm³/mol. The molecule has 122 valence electrons. The van der Waals surface area contributed by atoms with Crippen molar-refractivity contribution in [1.82, 2.24) is 0 Å². The van der Waals surface area contributed by atoms with Gasteiger partial charge in [0.2, 0.25) is 0 Å². The summed E-state index contributed by atoms with van der Waals surface area (Å²) in [5.41, 5.74) is 0.662. The highest BCUT2D eigenvalue weighted by atomic mass is 79.9. The Hall–Kier alpha value is -2.01. The van der Waals surface area contributed by atoms with E-state index in [9.17, 15) is 9.90 Å². The lowest BCUT2D eigenvalue weighted by molar-refractivity contribution is -0.151. The fourth-order valence-electron chi connectivity index (χ4n) is 2.47. The molecule has 2 aromatic carbocycles. The fraction of sp³-hybridized carbons (Fsp3) is 0.278. The van der Waals surface area contributed by atoms with E-state index in [1.54, 1.807) is 18.2 Å². The lowest BCUT2D eigenvalue weighted by Gasteiger charge is -2.33. The Kier molecular flexibility index (Phi) is 5.31.